The molecule has 1 N–H and O–H groups in total. The Hall–Kier alpha value is -1.51. The van der Waals surface area contributed by atoms with E-state index in [-0.39, 0.29) is 17.5 Å². The Morgan fingerprint density at radius 1 is 1.03 bits per heavy atom. The van der Waals surface area contributed by atoms with Gasteiger partial charge in [-0.15, -0.1) is 0 Å². The zero-order chi connectivity index (χ0) is 24.1. The van der Waals surface area contributed by atoms with Crippen LogP contribution < -0.4 is 0 Å². The number of rotatable bonds is 11. The molecule has 0 radical (unpaired) electrons. The van der Waals surface area contributed by atoms with E-state index in [2.05, 4.69) is 26.8 Å². The lowest BCUT2D eigenvalue weighted by Crippen LogP contribution is -2.48. The molecule has 34 heavy (non-hydrogen) atoms. The summed E-state index contributed by atoms with van der Waals surface area (Å²) in [5.74, 6) is 3.01. The van der Waals surface area contributed by atoms with E-state index < -0.39 is 0 Å². The van der Waals surface area contributed by atoms with Crippen LogP contribution in [-0.4, -0.2) is 17.2 Å². The van der Waals surface area contributed by atoms with E-state index in [0.29, 0.717) is 35.8 Å². The predicted molar refractivity (Wildman–Crippen MR) is 139 cm³/mol. The van der Waals surface area contributed by atoms with Crippen molar-refractivity contribution in [1.82, 2.24) is 0 Å². The van der Waals surface area contributed by atoms with Crippen LogP contribution in [0.15, 0.2) is 18.2 Å². The van der Waals surface area contributed by atoms with Crippen LogP contribution in [0.2, 0.25) is 0 Å². The number of hydrogen-bond acceptors (Lipinski definition) is 3. The summed E-state index contributed by atoms with van der Waals surface area (Å²) in [7, 11) is 0. The summed E-state index contributed by atoms with van der Waals surface area (Å²) in [6.07, 6.45) is 17.5. The number of aromatic hydroxyl groups is 1. The fourth-order valence-electron chi connectivity index (χ4n) is 7.95. The largest absolute Gasteiger partial charge is 0.508 e. The number of ether oxygens (including phenoxy) is 1. The van der Waals surface area contributed by atoms with Crippen LogP contribution in [0.25, 0.3) is 0 Å². The van der Waals surface area contributed by atoms with Crippen molar-refractivity contribution in [2.24, 2.45) is 23.2 Å². The molecule has 0 aromatic heterocycles. The van der Waals surface area contributed by atoms with E-state index in [1.807, 2.05) is 12.1 Å². The fourth-order valence-corrected chi connectivity index (χ4v) is 7.95. The third kappa shape index (κ3) is 5.34. The predicted octanol–water partition coefficient (Wildman–Crippen LogP) is 8.33. The quantitative estimate of drug-likeness (QED) is 0.262. The first-order chi connectivity index (χ1) is 16.5. The van der Waals surface area contributed by atoms with Crippen LogP contribution in [0.5, 0.6) is 5.75 Å². The lowest BCUT2D eigenvalue weighted by atomic mass is 9.52. The monoisotopic (exact) mass is 468 g/mol. The number of fused-ring (bicyclic) bond motifs is 5. The first-order valence-corrected chi connectivity index (χ1v) is 14.5. The zero-order valence-corrected chi connectivity index (χ0v) is 22.0. The average molecular weight is 469 g/mol. The Bertz CT molecular complexity index is 817. The number of carbonyl (C=O) groups is 1. The van der Waals surface area contributed by atoms with Gasteiger partial charge in [-0.1, -0.05) is 78.2 Å². The molecule has 0 heterocycles. The number of esters is 1. The first kappa shape index (κ1) is 25.6. The molecule has 0 bridgehead atoms. The van der Waals surface area contributed by atoms with Crippen LogP contribution in [-0.2, 0) is 16.0 Å². The molecule has 0 aliphatic heterocycles. The standard InChI is InChI=1S/C31H48O3/c1-4-6-7-8-9-10-11-12-13-29(33)34-28-17-16-27-30-22(5-2)20-23-21-24(32)14-15-25(23)26(30)18-19-31(27,28)3/h14-15,21-22,26-28,30,32H,4-13,16-20H2,1-3H3/t22-,26?,27?,28+,30?,31+/m1/s1. The van der Waals surface area contributed by atoms with Gasteiger partial charge >= 0.3 is 5.97 Å². The molecule has 6 atom stereocenters. The number of unbranched alkanes of at least 4 members (excludes halogenated alkanes) is 7. The summed E-state index contributed by atoms with van der Waals surface area (Å²) in [4.78, 5) is 12.7. The molecule has 4 rings (SSSR count). The Kier molecular flexibility index (Phi) is 8.64. The number of phenolic OH excluding ortho intramolecular Hbond substituents is 1. The Morgan fingerprint density at radius 2 is 1.76 bits per heavy atom. The minimum absolute atomic E-state index is 0.0384. The van der Waals surface area contributed by atoms with Gasteiger partial charge in [-0.05, 0) is 85.5 Å². The average Bonchev–Trinajstić information content (AvgIpc) is 3.15. The van der Waals surface area contributed by atoms with Crippen LogP contribution in [0.3, 0.4) is 0 Å². The minimum Gasteiger partial charge on any atom is -0.508 e. The van der Waals surface area contributed by atoms with Crippen LogP contribution in [0.4, 0.5) is 0 Å². The van der Waals surface area contributed by atoms with Gasteiger partial charge < -0.3 is 9.84 Å². The van der Waals surface area contributed by atoms with Crippen LogP contribution in [0.1, 0.15) is 128 Å². The molecule has 3 nitrogen and oxygen atoms in total. The summed E-state index contributed by atoms with van der Waals surface area (Å²) in [6.45, 7) is 7.01. The smallest absolute Gasteiger partial charge is 0.306 e. The molecule has 0 saturated heterocycles. The lowest BCUT2D eigenvalue weighted by Gasteiger charge is -2.53. The highest BCUT2D eigenvalue weighted by atomic mass is 16.5. The molecule has 3 heteroatoms. The first-order valence-electron chi connectivity index (χ1n) is 14.5. The van der Waals surface area contributed by atoms with Crippen molar-refractivity contribution < 1.29 is 14.6 Å². The van der Waals surface area contributed by atoms with Crippen molar-refractivity contribution in [3.63, 3.8) is 0 Å². The Labute approximate surface area is 208 Å². The molecule has 2 fully saturated rings. The normalized spacial score (nSPS) is 32.0. The number of hydrogen-bond donors (Lipinski definition) is 1. The summed E-state index contributed by atoms with van der Waals surface area (Å²) >= 11 is 0. The van der Waals surface area contributed by atoms with Crippen molar-refractivity contribution in [2.75, 3.05) is 0 Å². The van der Waals surface area contributed by atoms with Gasteiger partial charge in [0.2, 0.25) is 0 Å². The molecule has 1 aromatic carbocycles. The molecule has 0 amide bonds. The highest BCUT2D eigenvalue weighted by Crippen LogP contribution is 2.63. The third-order valence-electron chi connectivity index (χ3n) is 9.83. The van der Waals surface area contributed by atoms with E-state index in [9.17, 15) is 9.90 Å². The lowest BCUT2D eigenvalue weighted by molar-refractivity contribution is -0.158. The molecule has 3 aliphatic carbocycles. The topological polar surface area (TPSA) is 46.5 Å². The Morgan fingerprint density at radius 3 is 2.50 bits per heavy atom. The van der Waals surface area contributed by atoms with E-state index in [0.717, 1.165) is 32.1 Å². The van der Waals surface area contributed by atoms with E-state index in [1.54, 1.807) is 0 Å². The number of phenols is 1. The third-order valence-corrected chi connectivity index (χ3v) is 9.83. The number of benzene rings is 1. The van der Waals surface area contributed by atoms with E-state index in [4.69, 9.17) is 4.74 Å². The maximum Gasteiger partial charge on any atom is 0.306 e. The highest BCUT2D eigenvalue weighted by Gasteiger charge is 2.57. The van der Waals surface area contributed by atoms with Gasteiger partial charge in [0.25, 0.3) is 0 Å². The molecular weight excluding hydrogens is 420 g/mol. The van der Waals surface area contributed by atoms with Crippen LogP contribution >= 0.6 is 0 Å². The minimum atomic E-state index is 0.0384. The van der Waals surface area contributed by atoms with Gasteiger partial charge in [0.15, 0.2) is 0 Å². The van der Waals surface area contributed by atoms with Gasteiger partial charge in [0.1, 0.15) is 11.9 Å². The zero-order valence-electron chi connectivity index (χ0n) is 22.0. The molecule has 190 valence electrons. The SMILES string of the molecule is CCCCCCCCCCC(=O)O[C@H]1CCC2C3C(CC[C@@]21C)c1ccc(O)cc1C[C@H]3CC. The van der Waals surface area contributed by atoms with Gasteiger partial charge in [-0.25, -0.2) is 0 Å². The summed E-state index contributed by atoms with van der Waals surface area (Å²) in [5, 5.41) is 10.0. The molecule has 3 aliphatic rings. The van der Waals surface area contributed by atoms with Gasteiger partial charge in [-0.2, -0.15) is 0 Å². The molecule has 0 spiro atoms. The van der Waals surface area contributed by atoms with Crippen molar-refractivity contribution in [3.8, 4) is 5.75 Å². The van der Waals surface area contributed by atoms with Crippen molar-refractivity contribution in [3.05, 3.63) is 29.3 Å². The maximum atomic E-state index is 12.7. The number of carbonyl (C=O) groups excluding carboxylic acids is 1. The summed E-state index contributed by atoms with van der Waals surface area (Å²) in [6, 6.07) is 6.07. The van der Waals surface area contributed by atoms with Crippen LogP contribution in [0, 0.1) is 23.2 Å². The van der Waals surface area contributed by atoms with Crippen molar-refractivity contribution in [1.29, 1.82) is 0 Å². The maximum absolute atomic E-state index is 12.7. The second kappa shape index (κ2) is 11.5. The van der Waals surface area contributed by atoms with Crippen molar-refractivity contribution >= 4 is 5.97 Å². The Balaban J connectivity index is 1.32. The molecule has 3 unspecified atom stereocenters. The molecule has 1 aromatic rings. The van der Waals surface area contributed by atoms with E-state index >= 15 is 0 Å². The van der Waals surface area contributed by atoms with E-state index in [1.165, 1.54) is 68.9 Å². The summed E-state index contributed by atoms with van der Waals surface area (Å²) < 4.78 is 6.21. The van der Waals surface area contributed by atoms with Gasteiger partial charge in [-0.3, -0.25) is 4.79 Å². The highest BCUT2D eigenvalue weighted by molar-refractivity contribution is 5.69. The van der Waals surface area contributed by atoms with Gasteiger partial charge in [0.05, 0.1) is 0 Å². The van der Waals surface area contributed by atoms with Gasteiger partial charge in [0, 0.05) is 11.8 Å². The second-order valence-electron chi connectivity index (χ2n) is 11.9. The van der Waals surface area contributed by atoms with Crippen molar-refractivity contribution in [2.45, 2.75) is 129 Å². The summed E-state index contributed by atoms with van der Waals surface area (Å²) in [5.41, 5.74) is 2.96. The fraction of sp³-hybridized carbons (Fsp3) is 0.774. The molecular formula is C31H48O3. The second-order valence-corrected chi connectivity index (χ2v) is 11.9. The molecule has 2 saturated carbocycles.